The molecule has 0 bridgehead atoms. The summed E-state index contributed by atoms with van der Waals surface area (Å²) in [7, 11) is 1.87. The van der Waals surface area contributed by atoms with Crippen molar-refractivity contribution in [3.05, 3.63) is 28.4 Å². The first-order chi connectivity index (χ1) is 7.20. The van der Waals surface area contributed by atoms with E-state index in [9.17, 15) is 4.79 Å². The molecule has 0 unspecified atom stereocenters. The van der Waals surface area contributed by atoms with Crippen molar-refractivity contribution in [3.8, 4) is 0 Å². The normalized spacial score (nSPS) is 10.5. The van der Waals surface area contributed by atoms with E-state index in [4.69, 9.17) is 4.74 Å². The van der Waals surface area contributed by atoms with Crippen molar-refractivity contribution in [3.63, 3.8) is 0 Å². The second-order valence-electron chi connectivity index (χ2n) is 3.22. The first-order valence-corrected chi connectivity index (χ1v) is 5.17. The van der Waals surface area contributed by atoms with Gasteiger partial charge in [0.15, 0.2) is 0 Å². The Morgan fingerprint density at radius 2 is 2.40 bits per heavy atom. The van der Waals surface area contributed by atoms with Gasteiger partial charge in [0, 0.05) is 23.1 Å². The van der Waals surface area contributed by atoms with E-state index in [0.29, 0.717) is 6.47 Å². The summed E-state index contributed by atoms with van der Waals surface area (Å²) in [6.07, 6.45) is 1.93. The monoisotopic (exact) mass is 268 g/mol. The van der Waals surface area contributed by atoms with Crippen LogP contribution in [0.2, 0.25) is 0 Å². The second-order valence-corrected chi connectivity index (χ2v) is 4.07. The number of benzene rings is 1. The lowest BCUT2D eigenvalue weighted by Crippen LogP contribution is -1.90. The molecule has 0 saturated heterocycles. The van der Waals surface area contributed by atoms with Crippen LogP contribution in [0.5, 0.6) is 0 Å². The lowest BCUT2D eigenvalue weighted by atomic mass is 10.2. The first kappa shape index (κ1) is 10.2. The molecule has 0 N–H and O–H groups in total. The van der Waals surface area contributed by atoms with Crippen molar-refractivity contribution in [1.82, 2.24) is 9.78 Å². The predicted molar refractivity (Wildman–Crippen MR) is 59.3 cm³/mol. The van der Waals surface area contributed by atoms with Gasteiger partial charge in [-0.1, -0.05) is 15.9 Å². The second kappa shape index (κ2) is 4.02. The third kappa shape index (κ3) is 2.02. The third-order valence-corrected chi connectivity index (χ3v) is 2.72. The van der Waals surface area contributed by atoms with Crippen LogP contribution in [0, 0.1) is 0 Å². The fourth-order valence-corrected chi connectivity index (χ4v) is 2.07. The molecule has 2 aromatic rings. The summed E-state index contributed by atoms with van der Waals surface area (Å²) < 4.78 is 7.40. The standard InChI is InChI=1S/C10H9BrN2O2/c1-13-4-8-9(11)2-7(5-15-6-14)3-10(8)12-13/h2-4,6H,5H2,1H3. The molecule has 0 atom stereocenters. The summed E-state index contributed by atoms with van der Waals surface area (Å²) >= 11 is 3.46. The van der Waals surface area contributed by atoms with E-state index in [1.165, 1.54) is 0 Å². The number of fused-ring (bicyclic) bond motifs is 1. The highest BCUT2D eigenvalue weighted by Gasteiger charge is 2.05. The Morgan fingerprint density at radius 1 is 1.60 bits per heavy atom. The number of ether oxygens (including phenoxy) is 1. The number of hydrogen-bond acceptors (Lipinski definition) is 3. The van der Waals surface area contributed by atoms with Gasteiger partial charge in [-0.2, -0.15) is 5.10 Å². The maximum absolute atomic E-state index is 10.1. The molecule has 0 aliphatic heterocycles. The van der Waals surface area contributed by atoms with Crippen LogP contribution in [0.15, 0.2) is 22.8 Å². The molecule has 5 heteroatoms. The highest BCUT2D eigenvalue weighted by Crippen LogP contribution is 2.25. The van der Waals surface area contributed by atoms with Crippen molar-refractivity contribution < 1.29 is 9.53 Å². The smallest absolute Gasteiger partial charge is 0.293 e. The van der Waals surface area contributed by atoms with Gasteiger partial charge in [0.05, 0.1) is 5.52 Å². The number of hydrogen-bond donors (Lipinski definition) is 0. The third-order valence-electron chi connectivity index (χ3n) is 2.07. The number of carbonyl (C=O) groups excluding carboxylic acids is 1. The zero-order chi connectivity index (χ0) is 10.8. The predicted octanol–water partition coefficient (Wildman–Crippen LogP) is 2.01. The Bertz CT molecular complexity index is 507. The van der Waals surface area contributed by atoms with Gasteiger partial charge in [0.2, 0.25) is 0 Å². The Hall–Kier alpha value is -1.36. The Kier molecular flexibility index (Phi) is 2.73. The van der Waals surface area contributed by atoms with Gasteiger partial charge < -0.3 is 4.74 Å². The number of aryl methyl sites for hydroxylation is 1. The summed E-state index contributed by atoms with van der Waals surface area (Å²) in [5, 5.41) is 5.33. The zero-order valence-electron chi connectivity index (χ0n) is 8.11. The maximum atomic E-state index is 10.1. The van der Waals surface area contributed by atoms with E-state index in [2.05, 4.69) is 21.0 Å². The quantitative estimate of drug-likeness (QED) is 0.800. The molecule has 1 aromatic carbocycles. The minimum absolute atomic E-state index is 0.272. The van der Waals surface area contributed by atoms with Gasteiger partial charge in [0.1, 0.15) is 6.61 Å². The number of carbonyl (C=O) groups is 1. The Labute approximate surface area is 95.0 Å². The topological polar surface area (TPSA) is 44.1 Å². The van der Waals surface area contributed by atoms with Gasteiger partial charge in [-0.05, 0) is 17.7 Å². The van der Waals surface area contributed by atoms with E-state index in [-0.39, 0.29) is 6.61 Å². The Morgan fingerprint density at radius 3 is 3.13 bits per heavy atom. The van der Waals surface area contributed by atoms with Crippen LogP contribution >= 0.6 is 15.9 Å². The van der Waals surface area contributed by atoms with Crippen molar-refractivity contribution in [1.29, 1.82) is 0 Å². The fourth-order valence-electron chi connectivity index (χ4n) is 1.47. The molecule has 0 saturated carbocycles. The molecular weight excluding hydrogens is 260 g/mol. The Balaban J connectivity index is 2.46. The van der Waals surface area contributed by atoms with Crippen molar-refractivity contribution in [2.75, 3.05) is 0 Å². The van der Waals surface area contributed by atoms with Crippen LogP contribution in [0.4, 0.5) is 0 Å². The molecule has 0 fully saturated rings. The molecular formula is C10H9BrN2O2. The zero-order valence-corrected chi connectivity index (χ0v) is 9.69. The number of aromatic nitrogens is 2. The average Bonchev–Trinajstić information content (AvgIpc) is 2.56. The van der Waals surface area contributed by atoms with Gasteiger partial charge >= 0.3 is 0 Å². The number of halogens is 1. The van der Waals surface area contributed by atoms with Crippen molar-refractivity contribution in [2.24, 2.45) is 7.05 Å². The van der Waals surface area contributed by atoms with Crippen LogP contribution in [-0.4, -0.2) is 16.3 Å². The van der Waals surface area contributed by atoms with Gasteiger partial charge in [0.25, 0.3) is 6.47 Å². The largest absolute Gasteiger partial charge is 0.463 e. The summed E-state index contributed by atoms with van der Waals surface area (Å²) in [6, 6.07) is 3.83. The summed E-state index contributed by atoms with van der Waals surface area (Å²) in [5.74, 6) is 0. The minimum atomic E-state index is 0.272. The molecule has 0 aliphatic rings. The van der Waals surface area contributed by atoms with E-state index >= 15 is 0 Å². The van der Waals surface area contributed by atoms with Gasteiger partial charge in [-0.3, -0.25) is 9.48 Å². The van der Waals surface area contributed by atoms with Crippen LogP contribution in [0.25, 0.3) is 10.9 Å². The molecule has 4 nitrogen and oxygen atoms in total. The lowest BCUT2D eigenvalue weighted by Gasteiger charge is -2.00. The molecule has 0 radical (unpaired) electrons. The summed E-state index contributed by atoms with van der Waals surface area (Å²) in [4.78, 5) is 10.1. The number of rotatable bonds is 3. The van der Waals surface area contributed by atoms with Crippen LogP contribution < -0.4 is 0 Å². The molecule has 1 aromatic heterocycles. The van der Waals surface area contributed by atoms with Crippen molar-refractivity contribution in [2.45, 2.75) is 6.61 Å². The highest BCUT2D eigenvalue weighted by molar-refractivity contribution is 9.10. The minimum Gasteiger partial charge on any atom is -0.463 e. The molecule has 78 valence electrons. The van der Waals surface area contributed by atoms with E-state index in [0.717, 1.165) is 20.9 Å². The van der Waals surface area contributed by atoms with E-state index in [1.54, 1.807) is 4.68 Å². The first-order valence-electron chi connectivity index (χ1n) is 4.38. The lowest BCUT2D eigenvalue weighted by molar-refractivity contribution is -0.129. The fraction of sp³-hybridized carbons (Fsp3) is 0.200. The van der Waals surface area contributed by atoms with Crippen LogP contribution in [0.3, 0.4) is 0 Å². The summed E-state index contributed by atoms with van der Waals surface area (Å²) in [6.45, 7) is 0.713. The number of nitrogens with zero attached hydrogens (tertiary/aromatic N) is 2. The molecule has 2 rings (SSSR count). The average molecular weight is 269 g/mol. The maximum Gasteiger partial charge on any atom is 0.293 e. The molecule has 0 spiro atoms. The van der Waals surface area contributed by atoms with E-state index in [1.807, 2.05) is 25.4 Å². The molecule has 0 amide bonds. The van der Waals surface area contributed by atoms with E-state index < -0.39 is 0 Å². The highest BCUT2D eigenvalue weighted by atomic mass is 79.9. The molecule has 0 aliphatic carbocycles. The van der Waals surface area contributed by atoms with Gasteiger partial charge in [-0.25, -0.2) is 0 Å². The van der Waals surface area contributed by atoms with Crippen LogP contribution in [0.1, 0.15) is 5.56 Å². The van der Waals surface area contributed by atoms with Crippen molar-refractivity contribution >= 4 is 33.3 Å². The SMILES string of the molecule is Cn1cc2c(Br)cc(COC=O)cc2n1. The van der Waals surface area contributed by atoms with Gasteiger partial charge in [-0.15, -0.1) is 0 Å². The summed E-state index contributed by atoms with van der Waals surface area (Å²) in [5.41, 5.74) is 1.80. The molecule has 15 heavy (non-hydrogen) atoms. The molecule has 1 heterocycles. The van der Waals surface area contributed by atoms with Crippen LogP contribution in [-0.2, 0) is 23.2 Å².